The van der Waals surface area contributed by atoms with E-state index in [-0.39, 0.29) is 11.8 Å². The number of carbonyl (C=O) groups excluding carboxylic acids is 1. The molecule has 1 aliphatic rings. The van der Waals surface area contributed by atoms with Gasteiger partial charge in [0, 0.05) is 17.7 Å². The molecule has 2 aromatic carbocycles. The molecule has 1 saturated carbocycles. The van der Waals surface area contributed by atoms with Crippen LogP contribution in [0.1, 0.15) is 12.8 Å². The molecule has 5 heteroatoms. The molecule has 22 heavy (non-hydrogen) atoms. The molecule has 3 aromatic rings. The Morgan fingerprint density at radius 3 is 2.82 bits per heavy atom. The lowest BCUT2D eigenvalue weighted by Gasteiger charge is -2.02. The Balaban J connectivity index is 1.68. The quantitative estimate of drug-likeness (QED) is 0.775. The van der Waals surface area contributed by atoms with E-state index < -0.39 is 0 Å². The van der Waals surface area contributed by atoms with Crippen LogP contribution in [-0.2, 0) is 4.79 Å². The van der Waals surface area contributed by atoms with E-state index in [9.17, 15) is 4.79 Å². The molecule has 1 N–H and O–H groups in total. The number of aromatic nitrogens is 1. The number of anilines is 1. The van der Waals surface area contributed by atoms with Crippen molar-refractivity contribution in [3.05, 3.63) is 47.5 Å². The zero-order valence-electron chi connectivity index (χ0n) is 11.7. The second kappa shape index (κ2) is 5.14. The number of amides is 1. The van der Waals surface area contributed by atoms with Crippen molar-refractivity contribution in [2.24, 2.45) is 5.92 Å². The highest BCUT2D eigenvalue weighted by molar-refractivity contribution is 6.33. The van der Waals surface area contributed by atoms with Gasteiger partial charge in [-0.2, -0.15) is 0 Å². The monoisotopic (exact) mass is 312 g/mol. The summed E-state index contributed by atoms with van der Waals surface area (Å²) in [7, 11) is 0. The van der Waals surface area contributed by atoms with Gasteiger partial charge in [-0.25, -0.2) is 4.98 Å². The summed E-state index contributed by atoms with van der Waals surface area (Å²) in [4.78, 5) is 16.3. The van der Waals surface area contributed by atoms with Gasteiger partial charge in [-0.3, -0.25) is 4.79 Å². The van der Waals surface area contributed by atoms with Crippen molar-refractivity contribution < 1.29 is 9.21 Å². The van der Waals surface area contributed by atoms with Crippen LogP contribution in [0.3, 0.4) is 0 Å². The molecule has 0 saturated heterocycles. The smallest absolute Gasteiger partial charge is 0.228 e. The maximum atomic E-state index is 11.8. The molecule has 0 aliphatic heterocycles. The predicted molar refractivity (Wildman–Crippen MR) is 85.8 cm³/mol. The normalized spacial score (nSPS) is 14.2. The molecule has 1 aliphatic carbocycles. The van der Waals surface area contributed by atoms with Crippen LogP contribution in [0.5, 0.6) is 0 Å². The number of oxazole rings is 1. The highest BCUT2D eigenvalue weighted by atomic mass is 35.5. The average molecular weight is 313 g/mol. The lowest BCUT2D eigenvalue weighted by molar-refractivity contribution is -0.117. The minimum Gasteiger partial charge on any atom is -0.436 e. The third-order valence-electron chi connectivity index (χ3n) is 3.71. The van der Waals surface area contributed by atoms with E-state index in [1.807, 2.05) is 30.3 Å². The number of benzene rings is 2. The molecule has 0 atom stereocenters. The van der Waals surface area contributed by atoms with Crippen LogP contribution in [-0.4, -0.2) is 10.9 Å². The first kappa shape index (κ1) is 13.3. The summed E-state index contributed by atoms with van der Waals surface area (Å²) in [6, 6.07) is 12.9. The summed E-state index contributed by atoms with van der Waals surface area (Å²) in [5.74, 6) is 0.723. The molecule has 1 aromatic heterocycles. The van der Waals surface area contributed by atoms with Crippen LogP contribution in [0.2, 0.25) is 5.02 Å². The molecule has 1 amide bonds. The lowest BCUT2D eigenvalue weighted by atomic mass is 10.2. The fraction of sp³-hybridized carbons (Fsp3) is 0.176. The van der Waals surface area contributed by atoms with Gasteiger partial charge in [0.1, 0.15) is 5.52 Å². The van der Waals surface area contributed by atoms with E-state index >= 15 is 0 Å². The van der Waals surface area contributed by atoms with Crippen molar-refractivity contribution in [3.8, 4) is 11.5 Å². The van der Waals surface area contributed by atoms with Crippen molar-refractivity contribution in [2.75, 3.05) is 5.32 Å². The van der Waals surface area contributed by atoms with Crippen LogP contribution >= 0.6 is 11.6 Å². The highest BCUT2D eigenvalue weighted by Crippen LogP contribution is 2.32. The van der Waals surface area contributed by atoms with Gasteiger partial charge in [0.2, 0.25) is 11.8 Å². The molecule has 4 nitrogen and oxygen atoms in total. The largest absolute Gasteiger partial charge is 0.436 e. The van der Waals surface area contributed by atoms with Gasteiger partial charge in [-0.15, -0.1) is 0 Å². The SMILES string of the molecule is O=C(Nc1ccc2nc(-c3ccccc3Cl)oc2c1)C1CC1. The van der Waals surface area contributed by atoms with Gasteiger partial charge in [0.25, 0.3) is 0 Å². The molecule has 1 heterocycles. The number of carbonyl (C=O) groups is 1. The van der Waals surface area contributed by atoms with E-state index in [0.29, 0.717) is 16.5 Å². The van der Waals surface area contributed by atoms with E-state index in [4.69, 9.17) is 16.0 Å². The average Bonchev–Trinajstić information content (AvgIpc) is 3.28. The third-order valence-corrected chi connectivity index (χ3v) is 4.04. The molecule has 0 unspecified atom stereocenters. The van der Waals surface area contributed by atoms with Crippen molar-refractivity contribution in [1.82, 2.24) is 4.98 Å². The standard InChI is InChI=1S/C17H13ClN2O2/c18-13-4-2-1-3-12(13)17-20-14-8-7-11(9-15(14)22-17)19-16(21)10-5-6-10/h1-4,7-10H,5-6H2,(H,19,21). The summed E-state index contributed by atoms with van der Waals surface area (Å²) < 4.78 is 5.79. The number of nitrogens with one attached hydrogen (secondary N) is 1. The van der Waals surface area contributed by atoms with Gasteiger partial charge in [-0.1, -0.05) is 23.7 Å². The first-order valence-electron chi connectivity index (χ1n) is 7.17. The van der Waals surface area contributed by atoms with Gasteiger partial charge in [-0.05, 0) is 37.1 Å². The summed E-state index contributed by atoms with van der Waals surface area (Å²) in [5, 5.41) is 3.50. The van der Waals surface area contributed by atoms with Crippen molar-refractivity contribution >= 4 is 34.3 Å². The topological polar surface area (TPSA) is 55.1 Å². The number of nitrogens with zero attached hydrogens (tertiary/aromatic N) is 1. The van der Waals surface area contributed by atoms with E-state index in [1.54, 1.807) is 12.1 Å². The van der Waals surface area contributed by atoms with Gasteiger partial charge in [0.15, 0.2) is 5.58 Å². The minimum absolute atomic E-state index is 0.0743. The second-order valence-electron chi connectivity index (χ2n) is 5.44. The van der Waals surface area contributed by atoms with Crippen LogP contribution in [0, 0.1) is 5.92 Å². The Hall–Kier alpha value is -2.33. The van der Waals surface area contributed by atoms with Crippen molar-refractivity contribution in [3.63, 3.8) is 0 Å². The molecule has 1 fully saturated rings. The number of fused-ring (bicyclic) bond motifs is 1. The zero-order valence-corrected chi connectivity index (χ0v) is 12.4. The molecule has 4 rings (SSSR count). The molecule has 110 valence electrons. The fourth-order valence-electron chi connectivity index (χ4n) is 2.34. The minimum atomic E-state index is 0.0743. The third kappa shape index (κ3) is 2.46. The summed E-state index contributed by atoms with van der Waals surface area (Å²) in [6.07, 6.45) is 1.96. The number of rotatable bonds is 3. The van der Waals surface area contributed by atoms with Gasteiger partial charge < -0.3 is 9.73 Å². The maximum Gasteiger partial charge on any atom is 0.228 e. The number of hydrogen-bond donors (Lipinski definition) is 1. The Morgan fingerprint density at radius 1 is 1.23 bits per heavy atom. The van der Waals surface area contributed by atoms with Gasteiger partial charge in [0.05, 0.1) is 10.6 Å². The molecule has 0 spiro atoms. The Kier molecular flexibility index (Phi) is 3.12. The number of halogens is 1. The molecular weight excluding hydrogens is 300 g/mol. The highest BCUT2D eigenvalue weighted by Gasteiger charge is 2.29. The van der Waals surface area contributed by atoms with Crippen molar-refractivity contribution in [2.45, 2.75) is 12.8 Å². The van der Waals surface area contributed by atoms with Gasteiger partial charge >= 0.3 is 0 Å². The first-order chi connectivity index (χ1) is 10.7. The Morgan fingerprint density at radius 2 is 2.05 bits per heavy atom. The fourth-order valence-corrected chi connectivity index (χ4v) is 2.56. The Bertz CT molecular complexity index is 868. The van der Waals surface area contributed by atoms with Crippen LogP contribution in [0.4, 0.5) is 5.69 Å². The van der Waals surface area contributed by atoms with Crippen LogP contribution in [0.15, 0.2) is 46.9 Å². The second-order valence-corrected chi connectivity index (χ2v) is 5.85. The van der Waals surface area contributed by atoms with E-state index in [1.165, 1.54) is 0 Å². The summed E-state index contributed by atoms with van der Waals surface area (Å²) in [5.41, 5.74) is 2.85. The van der Waals surface area contributed by atoms with E-state index in [2.05, 4.69) is 10.3 Å². The molecule has 0 bridgehead atoms. The van der Waals surface area contributed by atoms with Crippen molar-refractivity contribution in [1.29, 1.82) is 0 Å². The van der Waals surface area contributed by atoms with Crippen LogP contribution in [0.25, 0.3) is 22.6 Å². The van der Waals surface area contributed by atoms with E-state index in [0.717, 1.165) is 29.6 Å². The molecular formula is C17H13ClN2O2. The molecule has 0 radical (unpaired) electrons. The first-order valence-corrected chi connectivity index (χ1v) is 7.55. The zero-order chi connectivity index (χ0) is 15.1. The Labute approximate surface area is 132 Å². The maximum absolute atomic E-state index is 11.8. The summed E-state index contributed by atoms with van der Waals surface area (Å²) >= 11 is 6.17. The predicted octanol–water partition coefficient (Wildman–Crippen LogP) is 4.50. The summed E-state index contributed by atoms with van der Waals surface area (Å²) in [6.45, 7) is 0. The van der Waals surface area contributed by atoms with Crippen LogP contribution < -0.4 is 5.32 Å². The number of hydrogen-bond acceptors (Lipinski definition) is 3. The lowest BCUT2D eigenvalue weighted by Crippen LogP contribution is -2.12.